The lowest BCUT2D eigenvalue weighted by atomic mass is 10.2. The maximum atomic E-state index is 12.0. The minimum atomic E-state index is -0.466. The summed E-state index contributed by atoms with van der Waals surface area (Å²) in [5.74, 6) is 1.60. The zero-order valence-electron chi connectivity index (χ0n) is 15.8. The highest BCUT2D eigenvalue weighted by Crippen LogP contribution is 2.28. The second-order valence-electron chi connectivity index (χ2n) is 7.45. The topological polar surface area (TPSA) is 66.0 Å². The van der Waals surface area contributed by atoms with Crippen molar-refractivity contribution in [3.05, 3.63) is 0 Å². The van der Waals surface area contributed by atoms with Crippen LogP contribution >= 0.6 is 0 Å². The first-order chi connectivity index (χ1) is 10.6. The Kier molecular flexibility index (Phi) is 7.16. The van der Waals surface area contributed by atoms with Crippen molar-refractivity contribution in [2.45, 2.75) is 72.1 Å². The van der Waals surface area contributed by atoms with Gasteiger partial charge in [-0.1, -0.05) is 6.92 Å². The molecule has 6 heteroatoms. The molecule has 0 aromatic heterocycles. The highest BCUT2D eigenvalue weighted by Gasteiger charge is 2.33. The molecule has 1 saturated carbocycles. The molecule has 6 nitrogen and oxygen atoms in total. The number of aliphatic imine (C=N–C) groups is 1. The van der Waals surface area contributed by atoms with E-state index in [1.54, 1.807) is 11.9 Å². The molecule has 0 saturated heterocycles. The molecule has 1 aliphatic rings. The second-order valence-corrected chi connectivity index (χ2v) is 7.45. The Morgan fingerprint density at radius 1 is 1.43 bits per heavy atom. The molecule has 1 amide bonds. The fourth-order valence-electron chi connectivity index (χ4n) is 2.09. The van der Waals surface area contributed by atoms with Crippen molar-refractivity contribution in [3.63, 3.8) is 0 Å². The molecule has 1 aliphatic carbocycles. The van der Waals surface area contributed by atoms with Crippen LogP contribution in [0.1, 0.15) is 54.4 Å². The van der Waals surface area contributed by atoms with Crippen LogP contribution in [0.5, 0.6) is 0 Å². The monoisotopic (exact) mass is 326 g/mol. The van der Waals surface area contributed by atoms with Crippen LogP contribution in [0.15, 0.2) is 4.99 Å². The highest BCUT2D eigenvalue weighted by atomic mass is 16.6. The number of hydrogen-bond acceptors (Lipinski definition) is 3. The van der Waals surface area contributed by atoms with E-state index in [2.05, 4.69) is 29.5 Å². The van der Waals surface area contributed by atoms with Crippen LogP contribution in [0, 0.1) is 5.92 Å². The summed E-state index contributed by atoms with van der Waals surface area (Å²) in [7, 11) is 1.78. The molecule has 0 spiro atoms. The van der Waals surface area contributed by atoms with E-state index in [1.165, 1.54) is 6.42 Å². The Hall–Kier alpha value is -1.46. The summed E-state index contributed by atoms with van der Waals surface area (Å²) in [6.45, 7) is 13.5. The van der Waals surface area contributed by atoms with Gasteiger partial charge in [0.2, 0.25) is 0 Å². The van der Waals surface area contributed by atoms with Crippen LogP contribution < -0.4 is 10.6 Å². The minimum Gasteiger partial charge on any atom is -0.444 e. The summed E-state index contributed by atoms with van der Waals surface area (Å²) in [5.41, 5.74) is -0.466. The molecule has 0 bridgehead atoms. The van der Waals surface area contributed by atoms with Crippen molar-refractivity contribution in [1.82, 2.24) is 15.5 Å². The van der Waals surface area contributed by atoms with Gasteiger partial charge in [0.15, 0.2) is 5.96 Å². The fourth-order valence-corrected chi connectivity index (χ4v) is 2.09. The molecule has 23 heavy (non-hydrogen) atoms. The van der Waals surface area contributed by atoms with Gasteiger partial charge in [-0.25, -0.2) is 4.79 Å². The van der Waals surface area contributed by atoms with Gasteiger partial charge in [0.05, 0.1) is 0 Å². The SMILES string of the molecule is CCNC(=NCCC(C)N(C)C(=O)OC(C)(C)C)NC1CC1C. The van der Waals surface area contributed by atoms with Crippen LogP contribution in [-0.4, -0.2) is 54.8 Å². The Labute approximate surface area is 141 Å². The van der Waals surface area contributed by atoms with Crippen molar-refractivity contribution in [1.29, 1.82) is 0 Å². The van der Waals surface area contributed by atoms with E-state index >= 15 is 0 Å². The molecule has 0 radical (unpaired) electrons. The number of nitrogens with one attached hydrogen (secondary N) is 2. The summed E-state index contributed by atoms with van der Waals surface area (Å²) < 4.78 is 5.39. The molecule has 2 N–H and O–H groups in total. The van der Waals surface area contributed by atoms with Gasteiger partial charge >= 0.3 is 6.09 Å². The van der Waals surface area contributed by atoms with E-state index < -0.39 is 5.60 Å². The Bertz CT molecular complexity index is 417. The number of rotatable bonds is 6. The van der Waals surface area contributed by atoms with Crippen molar-refractivity contribution < 1.29 is 9.53 Å². The first-order valence-electron chi connectivity index (χ1n) is 8.64. The number of carbonyl (C=O) groups is 1. The van der Waals surface area contributed by atoms with Gasteiger partial charge in [-0.2, -0.15) is 0 Å². The van der Waals surface area contributed by atoms with Crippen LogP contribution in [0.2, 0.25) is 0 Å². The van der Waals surface area contributed by atoms with Gasteiger partial charge in [-0.3, -0.25) is 4.99 Å². The summed E-state index contributed by atoms with van der Waals surface area (Å²) in [5, 5.41) is 6.70. The largest absolute Gasteiger partial charge is 0.444 e. The maximum Gasteiger partial charge on any atom is 0.410 e. The zero-order chi connectivity index (χ0) is 17.6. The number of hydrogen-bond donors (Lipinski definition) is 2. The molecule has 1 rings (SSSR count). The van der Waals surface area contributed by atoms with Crippen LogP contribution in [0.4, 0.5) is 4.79 Å². The lowest BCUT2D eigenvalue weighted by Gasteiger charge is -2.28. The van der Waals surface area contributed by atoms with Crippen molar-refractivity contribution in [3.8, 4) is 0 Å². The molecular formula is C17H34N4O2. The van der Waals surface area contributed by atoms with Crippen molar-refractivity contribution >= 4 is 12.1 Å². The van der Waals surface area contributed by atoms with Crippen LogP contribution in [0.3, 0.4) is 0 Å². The molecule has 3 unspecified atom stereocenters. The van der Waals surface area contributed by atoms with Crippen LogP contribution in [-0.2, 0) is 4.74 Å². The summed E-state index contributed by atoms with van der Waals surface area (Å²) in [6, 6.07) is 0.631. The summed E-state index contributed by atoms with van der Waals surface area (Å²) in [4.78, 5) is 18.3. The number of carbonyl (C=O) groups excluding carboxylic acids is 1. The van der Waals surface area contributed by atoms with E-state index in [0.717, 1.165) is 24.8 Å². The molecule has 134 valence electrons. The zero-order valence-corrected chi connectivity index (χ0v) is 15.8. The Morgan fingerprint density at radius 2 is 2.04 bits per heavy atom. The average Bonchev–Trinajstić information content (AvgIpc) is 3.11. The number of amides is 1. The number of ether oxygens (including phenoxy) is 1. The van der Waals surface area contributed by atoms with Gasteiger partial charge in [-0.15, -0.1) is 0 Å². The molecule has 0 aliphatic heterocycles. The lowest BCUT2D eigenvalue weighted by Crippen LogP contribution is -2.41. The van der Waals surface area contributed by atoms with Crippen molar-refractivity contribution in [2.75, 3.05) is 20.1 Å². The molecule has 0 aromatic carbocycles. The standard InChI is InChI=1S/C17H34N4O2/c1-8-18-15(20-14-11-12(14)2)19-10-9-13(3)21(7)16(22)23-17(4,5)6/h12-14H,8-11H2,1-7H3,(H2,18,19,20). The Morgan fingerprint density at radius 3 is 2.52 bits per heavy atom. The normalized spacial score (nSPS) is 22.3. The van der Waals surface area contributed by atoms with Gasteiger partial charge in [0.1, 0.15) is 5.60 Å². The van der Waals surface area contributed by atoms with E-state index in [1.807, 2.05) is 27.7 Å². The lowest BCUT2D eigenvalue weighted by molar-refractivity contribution is 0.0231. The predicted octanol–water partition coefficient (Wildman–Crippen LogP) is 2.60. The Balaban J connectivity index is 2.41. The fraction of sp³-hybridized carbons (Fsp3) is 0.882. The van der Waals surface area contributed by atoms with Gasteiger partial charge in [0, 0.05) is 32.2 Å². The highest BCUT2D eigenvalue weighted by molar-refractivity contribution is 5.80. The van der Waals surface area contributed by atoms with Crippen LogP contribution in [0.25, 0.3) is 0 Å². The molecule has 3 atom stereocenters. The van der Waals surface area contributed by atoms with E-state index in [0.29, 0.717) is 12.6 Å². The number of nitrogens with zero attached hydrogens (tertiary/aromatic N) is 2. The van der Waals surface area contributed by atoms with E-state index in [4.69, 9.17) is 4.74 Å². The van der Waals surface area contributed by atoms with Gasteiger partial charge < -0.3 is 20.3 Å². The quantitative estimate of drug-likeness (QED) is 0.582. The first kappa shape index (κ1) is 19.6. The van der Waals surface area contributed by atoms with E-state index in [-0.39, 0.29) is 12.1 Å². The van der Waals surface area contributed by atoms with Gasteiger partial charge in [-0.05, 0) is 53.4 Å². The smallest absolute Gasteiger partial charge is 0.410 e. The molecular weight excluding hydrogens is 292 g/mol. The maximum absolute atomic E-state index is 12.0. The minimum absolute atomic E-state index is 0.0799. The summed E-state index contributed by atoms with van der Waals surface area (Å²) in [6.07, 6.45) is 1.72. The molecule has 0 heterocycles. The third-order valence-corrected chi connectivity index (χ3v) is 3.94. The van der Waals surface area contributed by atoms with E-state index in [9.17, 15) is 4.79 Å². The third-order valence-electron chi connectivity index (χ3n) is 3.94. The average molecular weight is 326 g/mol. The number of guanidine groups is 1. The first-order valence-corrected chi connectivity index (χ1v) is 8.64. The van der Waals surface area contributed by atoms with Gasteiger partial charge in [0.25, 0.3) is 0 Å². The predicted molar refractivity (Wildman–Crippen MR) is 94.8 cm³/mol. The molecule has 0 aromatic rings. The second kappa shape index (κ2) is 8.41. The van der Waals surface area contributed by atoms with Crippen molar-refractivity contribution in [2.24, 2.45) is 10.9 Å². The molecule has 1 fully saturated rings. The third kappa shape index (κ3) is 7.57. The summed E-state index contributed by atoms with van der Waals surface area (Å²) >= 11 is 0.